The normalized spacial score (nSPS) is 10.6. The molecule has 0 bridgehead atoms. The number of hydrogen-bond donors (Lipinski definition) is 0. The highest BCUT2D eigenvalue weighted by Crippen LogP contribution is 2.29. The van der Waals surface area contributed by atoms with E-state index >= 15 is 0 Å². The molecule has 2 aromatic heterocycles. The lowest BCUT2D eigenvalue weighted by atomic mass is 11.2. The van der Waals surface area contributed by atoms with E-state index in [2.05, 4.69) is 36.2 Å². The fourth-order valence-electron chi connectivity index (χ4n) is 0.690. The first kappa shape index (κ1) is 9.10. The van der Waals surface area contributed by atoms with Crippen LogP contribution in [0, 0.1) is 0 Å². The molecule has 0 N–H and O–H groups in total. The summed E-state index contributed by atoms with van der Waals surface area (Å²) >= 11 is 6.16. The summed E-state index contributed by atoms with van der Waals surface area (Å²) in [6, 6.07) is 0. The third kappa shape index (κ3) is 2.06. The minimum Gasteiger partial charge on any atom is -0.244 e. The third-order valence-electron chi connectivity index (χ3n) is 1.23. The summed E-state index contributed by atoms with van der Waals surface area (Å²) in [5, 5.41) is 12.5. The first-order valence-corrected chi connectivity index (χ1v) is 5.69. The molecule has 0 fully saturated rings. The second kappa shape index (κ2) is 3.72. The Bertz CT molecular complexity index is 410. The summed E-state index contributed by atoms with van der Waals surface area (Å²) in [6.07, 6.45) is 1.51. The average Bonchev–Trinajstić information content (AvgIpc) is 2.64. The number of aryl methyl sites for hydroxylation is 1. The van der Waals surface area contributed by atoms with Crippen LogP contribution in [0.1, 0.15) is 0 Å². The van der Waals surface area contributed by atoms with Gasteiger partial charge in [-0.2, -0.15) is 5.10 Å². The van der Waals surface area contributed by atoms with E-state index in [4.69, 9.17) is 0 Å². The summed E-state index contributed by atoms with van der Waals surface area (Å²) in [5.74, 6) is 0. The number of hydrogen-bond acceptors (Lipinski definition) is 6. The molecule has 0 aromatic carbocycles. The van der Waals surface area contributed by atoms with Crippen molar-refractivity contribution in [2.45, 2.75) is 9.50 Å². The second-order valence-corrected chi connectivity index (χ2v) is 5.56. The van der Waals surface area contributed by atoms with E-state index < -0.39 is 0 Å². The first-order chi connectivity index (χ1) is 6.25. The standard InChI is InChI=1S/C5H4BrN5S2/c1-11-4(7-2-8-11)13-5-10-9-3(6)12-5/h2H,1H3. The zero-order chi connectivity index (χ0) is 9.26. The largest absolute Gasteiger partial charge is 0.244 e. The highest BCUT2D eigenvalue weighted by Gasteiger charge is 2.07. The van der Waals surface area contributed by atoms with Crippen molar-refractivity contribution in [1.29, 1.82) is 0 Å². The zero-order valence-corrected chi connectivity index (χ0v) is 9.73. The molecular weight excluding hydrogens is 274 g/mol. The maximum atomic E-state index is 4.06. The minimum absolute atomic E-state index is 0.775. The second-order valence-electron chi connectivity index (χ2n) is 2.09. The summed E-state index contributed by atoms with van der Waals surface area (Å²) in [4.78, 5) is 4.06. The summed E-state index contributed by atoms with van der Waals surface area (Å²) < 4.78 is 3.32. The van der Waals surface area contributed by atoms with Crippen molar-refractivity contribution in [2.75, 3.05) is 0 Å². The van der Waals surface area contributed by atoms with Crippen LogP contribution >= 0.6 is 39.0 Å². The predicted molar refractivity (Wildman–Crippen MR) is 52.7 cm³/mol. The molecule has 0 amide bonds. The van der Waals surface area contributed by atoms with Crippen molar-refractivity contribution in [3.8, 4) is 0 Å². The van der Waals surface area contributed by atoms with Gasteiger partial charge >= 0.3 is 0 Å². The number of aromatic nitrogens is 5. The molecule has 0 atom stereocenters. The van der Waals surface area contributed by atoms with Crippen LogP contribution in [0.5, 0.6) is 0 Å². The monoisotopic (exact) mass is 277 g/mol. The fourth-order valence-corrected chi connectivity index (χ4v) is 3.00. The highest BCUT2D eigenvalue weighted by molar-refractivity contribution is 9.11. The zero-order valence-electron chi connectivity index (χ0n) is 6.51. The molecule has 0 saturated carbocycles. The molecule has 5 nitrogen and oxygen atoms in total. The Balaban J connectivity index is 2.19. The van der Waals surface area contributed by atoms with Gasteiger partial charge < -0.3 is 0 Å². The van der Waals surface area contributed by atoms with Crippen molar-refractivity contribution in [3.63, 3.8) is 0 Å². The SMILES string of the molecule is Cn1ncnc1Sc1nnc(Br)s1. The topological polar surface area (TPSA) is 56.5 Å². The Morgan fingerprint density at radius 2 is 2.38 bits per heavy atom. The van der Waals surface area contributed by atoms with Crippen molar-refractivity contribution in [2.24, 2.45) is 7.05 Å². The Labute approximate surface area is 90.7 Å². The molecule has 0 saturated heterocycles. The molecule has 0 aliphatic heterocycles. The third-order valence-corrected chi connectivity index (χ3v) is 3.69. The number of nitrogens with zero attached hydrogens (tertiary/aromatic N) is 5. The van der Waals surface area contributed by atoms with Gasteiger partial charge in [-0.05, 0) is 27.7 Å². The maximum absolute atomic E-state index is 4.06. The smallest absolute Gasteiger partial charge is 0.193 e. The van der Waals surface area contributed by atoms with Crippen molar-refractivity contribution in [3.05, 3.63) is 10.2 Å². The molecule has 2 rings (SSSR count). The molecule has 0 spiro atoms. The van der Waals surface area contributed by atoms with E-state index in [1.807, 2.05) is 7.05 Å². The van der Waals surface area contributed by atoms with Gasteiger partial charge in [-0.15, -0.1) is 10.2 Å². The Kier molecular flexibility index (Phi) is 2.61. The predicted octanol–water partition coefficient (Wildman–Crippen LogP) is 1.58. The summed E-state index contributed by atoms with van der Waals surface area (Å²) in [6.45, 7) is 0. The van der Waals surface area contributed by atoms with Gasteiger partial charge in [-0.3, -0.25) is 0 Å². The number of halogens is 1. The van der Waals surface area contributed by atoms with Gasteiger partial charge in [-0.1, -0.05) is 11.3 Å². The summed E-state index contributed by atoms with van der Waals surface area (Å²) in [7, 11) is 1.84. The van der Waals surface area contributed by atoms with Gasteiger partial charge in [0.1, 0.15) is 6.33 Å². The lowest BCUT2D eigenvalue weighted by Crippen LogP contribution is -1.91. The van der Waals surface area contributed by atoms with Crippen molar-refractivity contribution in [1.82, 2.24) is 25.0 Å². The highest BCUT2D eigenvalue weighted by atomic mass is 79.9. The summed E-state index contributed by atoms with van der Waals surface area (Å²) in [5.41, 5.74) is 0. The van der Waals surface area contributed by atoms with E-state index in [0.717, 1.165) is 13.4 Å². The van der Waals surface area contributed by atoms with Gasteiger partial charge in [0.2, 0.25) is 0 Å². The lowest BCUT2D eigenvalue weighted by molar-refractivity contribution is 0.685. The molecule has 2 aromatic rings. The fraction of sp³-hybridized carbons (Fsp3) is 0.200. The van der Waals surface area contributed by atoms with Crippen LogP contribution in [0.2, 0.25) is 0 Å². The molecule has 0 aliphatic rings. The van der Waals surface area contributed by atoms with Crippen LogP contribution in [0.3, 0.4) is 0 Å². The van der Waals surface area contributed by atoms with E-state index in [1.165, 1.54) is 29.4 Å². The molecule has 0 radical (unpaired) electrons. The quantitative estimate of drug-likeness (QED) is 0.834. The van der Waals surface area contributed by atoms with Gasteiger partial charge in [0.25, 0.3) is 0 Å². The van der Waals surface area contributed by atoms with Crippen molar-refractivity contribution < 1.29 is 0 Å². The molecule has 0 unspecified atom stereocenters. The van der Waals surface area contributed by atoms with Gasteiger partial charge in [0.05, 0.1) is 0 Å². The van der Waals surface area contributed by atoms with Gasteiger partial charge in [0, 0.05) is 7.05 Å². The molecule has 68 valence electrons. The van der Waals surface area contributed by atoms with E-state index in [1.54, 1.807) is 4.68 Å². The lowest BCUT2D eigenvalue weighted by Gasteiger charge is -1.93. The average molecular weight is 278 g/mol. The van der Waals surface area contributed by atoms with Crippen LogP contribution in [0.4, 0.5) is 0 Å². The maximum Gasteiger partial charge on any atom is 0.193 e. The van der Waals surface area contributed by atoms with E-state index in [9.17, 15) is 0 Å². The van der Waals surface area contributed by atoms with Gasteiger partial charge in [-0.25, -0.2) is 9.67 Å². The van der Waals surface area contributed by atoms with Crippen LogP contribution < -0.4 is 0 Å². The number of rotatable bonds is 2. The Morgan fingerprint density at radius 1 is 1.54 bits per heavy atom. The molecule has 13 heavy (non-hydrogen) atoms. The van der Waals surface area contributed by atoms with Crippen LogP contribution in [-0.2, 0) is 7.05 Å². The van der Waals surface area contributed by atoms with Crippen LogP contribution in [0.25, 0.3) is 0 Å². The van der Waals surface area contributed by atoms with Gasteiger partial charge in [0.15, 0.2) is 13.4 Å². The Hall–Kier alpha value is -0.470. The van der Waals surface area contributed by atoms with E-state index in [-0.39, 0.29) is 0 Å². The van der Waals surface area contributed by atoms with Crippen LogP contribution in [0.15, 0.2) is 19.7 Å². The molecule has 0 aliphatic carbocycles. The first-order valence-electron chi connectivity index (χ1n) is 3.26. The van der Waals surface area contributed by atoms with Crippen molar-refractivity contribution >= 4 is 39.0 Å². The molecule has 8 heteroatoms. The Morgan fingerprint density at radius 3 is 2.92 bits per heavy atom. The molecular formula is C5H4BrN5S2. The van der Waals surface area contributed by atoms with Crippen LogP contribution in [-0.4, -0.2) is 25.0 Å². The molecule has 2 heterocycles. The minimum atomic E-state index is 0.775. The van der Waals surface area contributed by atoms with E-state index in [0.29, 0.717) is 0 Å².